The molecule has 1 radical (unpaired) electrons. The van der Waals surface area contributed by atoms with Crippen molar-refractivity contribution in [3.8, 4) is 5.75 Å². The predicted octanol–water partition coefficient (Wildman–Crippen LogP) is -1.27. The zero-order chi connectivity index (χ0) is 18.1. The van der Waals surface area contributed by atoms with Gasteiger partial charge in [-0.15, -0.1) is 0 Å². The van der Waals surface area contributed by atoms with Crippen molar-refractivity contribution in [1.29, 1.82) is 0 Å². The summed E-state index contributed by atoms with van der Waals surface area (Å²) in [5, 5.41) is 57.0. The largest absolute Gasteiger partial charge is 0.898 e. The zero-order valence-electron chi connectivity index (χ0n) is 11.6. The van der Waals surface area contributed by atoms with Gasteiger partial charge in [-0.05, 0) is 9.85 Å². The van der Waals surface area contributed by atoms with Gasteiger partial charge in [0.15, 0.2) is 9.78 Å². The molecular formula is C5H3KN7O11. The first kappa shape index (κ1) is 21.6. The maximum Gasteiger partial charge on any atom is 0.898 e. The smallest absolute Gasteiger partial charge is 0.483 e. The first-order valence-corrected chi connectivity index (χ1v) is 4.93. The van der Waals surface area contributed by atoms with Gasteiger partial charge >= 0.3 is 23.3 Å². The molecule has 0 aliphatic heterocycles. The van der Waals surface area contributed by atoms with Gasteiger partial charge in [0.05, 0.1) is 7.11 Å². The van der Waals surface area contributed by atoms with Crippen LogP contribution in [0.3, 0.4) is 0 Å². The summed E-state index contributed by atoms with van der Waals surface area (Å²) in [6, 6.07) is 0. The molecule has 0 aliphatic carbocycles. The molecule has 1 aromatic rings. The van der Waals surface area contributed by atoms with Gasteiger partial charge in [-0.1, -0.05) is 0 Å². The third-order valence-electron chi connectivity index (χ3n) is 2.37. The Morgan fingerprint density at radius 1 is 0.917 bits per heavy atom. The summed E-state index contributed by atoms with van der Waals surface area (Å²) in [7, 11) is 0.660. The van der Waals surface area contributed by atoms with Gasteiger partial charge in [0.1, 0.15) is 0 Å². The molecule has 24 heavy (non-hydrogen) atoms. The van der Waals surface area contributed by atoms with Gasteiger partial charge in [0, 0.05) is 51.4 Å². The van der Waals surface area contributed by atoms with Crippen LogP contribution >= 0.6 is 0 Å². The summed E-state index contributed by atoms with van der Waals surface area (Å²) in [6.45, 7) is 0. The Bertz CT molecular complexity index is 705. The van der Waals surface area contributed by atoms with E-state index in [1.54, 1.807) is 0 Å². The van der Waals surface area contributed by atoms with Gasteiger partial charge in [0.2, 0.25) is 14.8 Å². The average Bonchev–Trinajstić information content (AvgIpc) is 2.77. The Morgan fingerprint density at radius 3 is 1.58 bits per heavy atom. The fourth-order valence-corrected chi connectivity index (χ4v) is 1.49. The van der Waals surface area contributed by atoms with E-state index in [-0.39, 0.29) is 51.4 Å². The third kappa shape index (κ3) is 3.01. The number of nitrogens with zero attached hydrogens (tertiary/aromatic N) is 7. The van der Waals surface area contributed by atoms with Crippen molar-refractivity contribution in [1.82, 2.24) is 9.78 Å². The normalized spacial score (nSPS) is 10.4. The second-order valence-corrected chi connectivity index (χ2v) is 3.48. The van der Waals surface area contributed by atoms with Crippen LogP contribution in [0.4, 0.5) is 11.6 Å². The van der Waals surface area contributed by atoms with E-state index in [0.29, 0.717) is 7.11 Å². The van der Waals surface area contributed by atoms with Crippen molar-refractivity contribution < 1.29 is 29.4 Å². The second-order valence-electron chi connectivity index (χ2n) is 3.48. The van der Waals surface area contributed by atoms with E-state index >= 15 is 0 Å². The standard InChI is InChI=1S/C5H3N7O11.K/c1-23-2-3(8(13)14)6-7(4(2)9(15)16)5(10(17)18,11(19)20)12(21)22;/h1H3;. The minimum Gasteiger partial charge on any atom is -0.483 e. The molecular weight excluding hydrogens is 373 g/mol. The van der Waals surface area contributed by atoms with Crippen molar-refractivity contribution in [3.05, 3.63) is 50.6 Å². The number of methoxy groups -OCH3 is 1. The number of nitro groups is 5. The molecule has 1 aromatic heterocycles. The summed E-state index contributed by atoms with van der Waals surface area (Å²) in [4.78, 5) is 45.0. The van der Waals surface area contributed by atoms with E-state index in [1.165, 1.54) is 0 Å². The Balaban J connectivity index is 0.00000529. The fourth-order valence-electron chi connectivity index (χ4n) is 1.49. The van der Waals surface area contributed by atoms with Crippen LogP contribution in [-0.4, -0.2) is 92.9 Å². The van der Waals surface area contributed by atoms with Crippen molar-refractivity contribution >= 4 is 63.0 Å². The molecule has 0 bridgehead atoms. The Kier molecular flexibility index (Phi) is 6.74. The molecule has 1 rings (SSSR count). The minimum atomic E-state index is -4.59. The summed E-state index contributed by atoms with van der Waals surface area (Å²) in [5.41, 5.74) is 0. The molecule has 0 fully saturated rings. The first-order chi connectivity index (χ1) is 10.5. The van der Waals surface area contributed by atoms with Gasteiger partial charge in [0.25, 0.3) is 0 Å². The predicted molar refractivity (Wildman–Crippen MR) is 66.8 cm³/mol. The zero-order valence-corrected chi connectivity index (χ0v) is 14.7. The monoisotopic (exact) mass is 376 g/mol. The van der Waals surface area contributed by atoms with Gasteiger partial charge in [-0.25, -0.2) is 30.3 Å². The quantitative estimate of drug-likeness (QED) is 0.234. The number of hydrogen-bond acceptors (Lipinski definition) is 12. The number of rotatable bonds is 7. The molecule has 0 aliphatic rings. The molecule has 0 unspecified atom stereocenters. The molecule has 125 valence electrons. The minimum absolute atomic E-state index is 0. The van der Waals surface area contributed by atoms with Crippen molar-refractivity contribution in [2.45, 2.75) is 5.91 Å². The van der Waals surface area contributed by atoms with Crippen LogP contribution in [0, 0.1) is 50.6 Å². The van der Waals surface area contributed by atoms with Crippen LogP contribution in [0.25, 0.3) is 0 Å². The van der Waals surface area contributed by atoms with Gasteiger partial charge in [-0.2, -0.15) is 0 Å². The fraction of sp³-hybridized carbons (Fsp3) is 0.400. The summed E-state index contributed by atoms with van der Waals surface area (Å²) in [6.07, 6.45) is 0. The van der Waals surface area contributed by atoms with Crippen LogP contribution in [0.15, 0.2) is 0 Å². The molecule has 19 heteroatoms. The van der Waals surface area contributed by atoms with Crippen LogP contribution in [-0.2, 0) is 5.91 Å². The van der Waals surface area contributed by atoms with Crippen LogP contribution in [0.5, 0.6) is 5.75 Å². The molecule has 18 nitrogen and oxygen atoms in total. The van der Waals surface area contributed by atoms with E-state index in [1.807, 2.05) is 0 Å². The maximum absolute atomic E-state index is 10.9. The molecule has 0 saturated heterocycles. The number of ether oxygens (including phenoxy) is 1. The van der Waals surface area contributed by atoms with Crippen molar-refractivity contribution in [2.75, 3.05) is 7.11 Å². The summed E-state index contributed by atoms with van der Waals surface area (Å²) in [5.74, 6) is -9.27. The SMILES string of the molecule is COc1c([N+](=O)[O-])nn(C([N+](=O)[O-])([N+](=O)[O-])[N+](=O)[O-])c1[N+](=O)[O-].[K]. The topological polar surface area (TPSA) is 243 Å². The van der Waals surface area contributed by atoms with Gasteiger partial charge in [-0.3, -0.25) is 0 Å². The van der Waals surface area contributed by atoms with Crippen LogP contribution in [0.1, 0.15) is 0 Å². The maximum atomic E-state index is 10.9. The average molecular weight is 376 g/mol. The Hall–Kier alpha value is -2.35. The van der Waals surface area contributed by atoms with E-state index in [0.717, 1.165) is 0 Å². The van der Waals surface area contributed by atoms with Crippen molar-refractivity contribution in [2.24, 2.45) is 0 Å². The number of hydrogen-bond donors (Lipinski definition) is 0. The molecule has 1 heterocycles. The van der Waals surface area contributed by atoms with Gasteiger partial charge < -0.3 is 25.0 Å². The molecule has 0 N–H and O–H groups in total. The Labute approximate surface area is 170 Å². The van der Waals surface area contributed by atoms with E-state index < -0.39 is 52.6 Å². The number of aromatic nitrogens is 2. The molecule has 0 saturated carbocycles. The van der Waals surface area contributed by atoms with Crippen molar-refractivity contribution in [3.63, 3.8) is 0 Å². The molecule has 0 atom stereocenters. The molecule has 0 spiro atoms. The van der Waals surface area contributed by atoms with E-state index in [2.05, 4.69) is 9.84 Å². The Morgan fingerprint density at radius 2 is 1.33 bits per heavy atom. The summed E-state index contributed by atoms with van der Waals surface area (Å²) < 4.78 is 3.38. The second kappa shape index (κ2) is 7.48. The van der Waals surface area contributed by atoms with E-state index in [4.69, 9.17) is 0 Å². The summed E-state index contributed by atoms with van der Waals surface area (Å²) >= 11 is 0. The van der Waals surface area contributed by atoms with Crippen LogP contribution < -0.4 is 4.74 Å². The third-order valence-corrected chi connectivity index (χ3v) is 2.37. The first-order valence-electron chi connectivity index (χ1n) is 4.93. The molecule has 0 aromatic carbocycles. The van der Waals surface area contributed by atoms with Crippen LogP contribution in [0.2, 0.25) is 0 Å². The molecule has 0 amide bonds. The van der Waals surface area contributed by atoms with E-state index in [9.17, 15) is 50.6 Å².